The van der Waals surface area contributed by atoms with E-state index in [1.807, 2.05) is 12.1 Å². The van der Waals surface area contributed by atoms with Gasteiger partial charge in [-0.2, -0.15) is 5.26 Å². The molecule has 258 valence electrons. The normalized spacial score (nSPS) is 9.16. The molecule has 0 spiro atoms. The van der Waals surface area contributed by atoms with Crippen LogP contribution in [0, 0.1) is 11.3 Å². The first kappa shape index (κ1) is 49.6. The summed E-state index contributed by atoms with van der Waals surface area (Å²) in [6.45, 7) is 0.805. The molecule has 0 aromatic heterocycles. The first-order valence-electron chi connectivity index (χ1n) is 13.8. The molecule has 0 radical (unpaired) electrons. The van der Waals surface area contributed by atoms with E-state index < -0.39 is 5.97 Å². The number of benzene rings is 5. The Hall–Kier alpha value is -4.79. The summed E-state index contributed by atoms with van der Waals surface area (Å²) in [5.41, 5.74) is 3.76. The monoisotopic (exact) mass is 776 g/mol. The Morgan fingerprint density at radius 3 is 1.28 bits per heavy atom. The fraction of sp³-hybridized carbons (Fsp3) is 0.0811. The van der Waals surface area contributed by atoms with Crippen molar-refractivity contribution in [3.63, 3.8) is 0 Å². The topological polar surface area (TPSA) is 214 Å². The van der Waals surface area contributed by atoms with Crippen molar-refractivity contribution in [3.8, 4) is 17.6 Å². The summed E-state index contributed by atoms with van der Waals surface area (Å²) in [7, 11) is 0. The maximum atomic E-state index is 11.4. The molecule has 10 nitrogen and oxygen atoms in total. The minimum Gasteiger partial charge on any atom is -1.00 e. The van der Waals surface area contributed by atoms with Crippen LogP contribution in [-0.4, -0.2) is 18.4 Å². The summed E-state index contributed by atoms with van der Waals surface area (Å²) in [5.74, 6) is -1.28. The Kier molecular flexibility index (Phi) is 28.9. The number of carbonyl (C=O) groups excluding carboxylic acids is 1. The Balaban J connectivity index is -0.000000636. The average molecular weight is 777 g/mol. The fourth-order valence-electron chi connectivity index (χ4n) is 3.54. The molecule has 0 unspecified atom stereocenters. The number of carbonyl (C=O) groups is 1. The molecule has 0 atom stereocenters. The van der Waals surface area contributed by atoms with Gasteiger partial charge in [0, 0.05) is 19.4 Å². The Labute approximate surface area is 318 Å². The molecule has 3 N–H and O–H groups in total. The number of hydrogen-bond acceptors (Lipinski definition) is 9. The summed E-state index contributed by atoms with van der Waals surface area (Å²) < 4.78 is 0. The van der Waals surface area contributed by atoms with Gasteiger partial charge in [0.15, 0.2) is 0 Å². The number of hydrogen-bond donors (Lipinski definition) is 0. The largest absolute Gasteiger partial charge is 3.00 e. The Morgan fingerprint density at radius 2 is 0.960 bits per heavy atom. The van der Waals surface area contributed by atoms with Crippen LogP contribution in [0.2, 0.25) is 0 Å². The summed E-state index contributed by atoms with van der Waals surface area (Å²) in [5, 5.41) is 62.1. The van der Waals surface area contributed by atoms with Crippen molar-refractivity contribution in [2.75, 3.05) is 0 Å². The third kappa shape index (κ3) is 18.1. The molecular formula is C37H33ClMn2N3O7+. The van der Waals surface area contributed by atoms with Crippen LogP contribution < -0.4 is 37.9 Å². The number of nitriles is 1. The summed E-state index contributed by atoms with van der Waals surface area (Å²) in [4.78, 5) is 18.5. The molecular weight excluding hydrogens is 744 g/mol. The Bertz CT molecular complexity index is 1670. The van der Waals surface area contributed by atoms with E-state index in [2.05, 4.69) is 9.98 Å². The van der Waals surface area contributed by atoms with E-state index in [0.29, 0.717) is 33.6 Å². The Morgan fingerprint density at radius 1 is 0.640 bits per heavy atom. The fourth-order valence-corrected chi connectivity index (χ4v) is 3.54. The molecule has 0 fully saturated rings. The van der Waals surface area contributed by atoms with E-state index >= 15 is 0 Å². The van der Waals surface area contributed by atoms with Crippen molar-refractivity contribution >= 4 is 29.8 Å². The average Bonchev–Trinajstić information content (AvgIpc) is 3.09. The second-order valence-electron chi connectivity index (χ2n) is 9.02. The van der Waals surface area contributed by atoms with E-state index in [4.69, 9.17) is 5.26 Å². The number of aromatic carboxylic acids is 1. The molecule has 0 heterocycles. The van der Waals surface area contributed by atoms with Crippen LogP contribution in [0.15, 0.2) is 137 Å². The first-order valence-corrected chi connectivity index (χ1v) is 13.8. The van der Waals surface area contributed by atoms with Crippen molar-refractivity contribution in [1.82, 2.24) is 0 Å². The molecule has 0 aliphatic heterocycles. The molecule has 0 aliphatic carbocycles. The molecule has 50 heavy (non-hydrogen) atoms. The van der Waals surface area contributed by atoms with Gasteiger partial charge in [-0.25, -0.2) is 0 Å². The van der Waals surface area contributed by atoms with Gasteiger partial charge in [0.1, 0.15) is 0 Å². The minimum absolute atomic E-state index is 0. The second-order valence-corrected chi connectivity index (χ2v) is 9.02. The van der Waals surface area contributed by atoms with Gasteiger partial charge in [-0.15, -0.1) is 24.7 Å². The number of carboxylic acids is 1. The van der Waals surface area contributed by atoms with Crippen LogP contribution in [0.1, 0.15) is 39.5 Å². The predicted molar refractivity (Wildman–Crippen MR) is 174 cm³/mol. The molecule has 0 aliphatic rings. The van der Waals surface area contributed by atoms with Crippen molar-refractivity contribution in [2.24, 2.45) is 9.98 Å². The minimum atomic E-state index is -1.13. The number of halogens is 1. The molecule has 5 rings (SSSR count). The molecule has 0 saturated carbocycles. The van der Waals surface area contributed by atoms with E-state index in [-0.39, 0.29) is 82.3 Å². The van der Waals surface area contributed by atoms with Gasteiger partial charge in [0.25, 0.3) is 0 Å². The van der Waals surface area contributed by atoms with Gasteiger partial charge in [0.2, 0.25) is 0 Å². The molecule has 5 aromatic carbocycles. The van der Waals surface area contributed by atoms with Crippen molar-refractivity contribution in [1.29, 1.82) is 5.26 Å². The molecule has 0 amide bonds. The standard InChI is InChI=1S/2C14H12NO2.C7H6O2.C2H3N.ClH.2Mn.H2O/c2*16-10-12-6-1-3-7-13(12)15-9-11-5-2-4-8-14(11)17;8-7(9)6-4-2-1-3-5-6;1-2-3;;;;/h2*1-9,17H,10H2;1-5H,(H,8,9);1H3;1H;;;1H2/q2*-1;;;;2*+3;/p-3. The van der Waals surface area contributed by atoms with Gasteiger partial charge in [-0.3, -0.25) is 9.98 Å². The zero-order chi connectivity index (χ0) is 33.6. The number of aliphatic imine (C=N–C) groups is 2. The van der Waals surface area contributed by atoms with Crippen molar-refractivity contribution in [2.45, 2.75) is 20.1 Å². The first-order chi connectivity index (χ1) is 22.3. The van der Waals surface area contributed by atoms with E-state index in [1.54, 1.807) is 97.1 Å². The maximum absolute atomic E-state index is 11.4. The number of para-hydroxylation sites is 4. The van der Waals surface area contributed by atoms with Crippen LogP contribution in [0.25, 0.3) is 0 Å². The number of nitrogens with zero attached hydrogens (tertiary/aromatic N) is 3. The van der Waals surface area contributed by atoms with Crippen LogP contribution >= 0.6 is 0 Å². The third-order valence-electron chi connectivity index (χ3n) is 5.83. The number of carboxylic acid groups (broad SMARTS) is 1. The molecule has 13 heteroatoms. The van der Waals surface area contributed by atoms with Crippen molar-refractivity contribution in [3.05, 3.63) is 155 Å². The van der Waals surface area contributed by atoms with E-state index in [0.717, 1.165) is 0 Å². The van der Waals surface area contributed by atoms with Crippen LogP contribution in [0.3, 0.4) is 0 Å². The quantitative estimate of drug-likeness (QED) is 0.119. The van der Waals surface area contributed by atoms with Gasteiger partial charge < -0.3 is 48.2 Å². The van der Waals surface area contributed by atoms with Crippen LogP contribution in [0.5, 0.6) is 11.5 Å². The third-order valence-corrected chi connectivity index (χ3v) is 5.83. The van der Waals surface area contributed by atoms with Gasteiger partial charge >= 0.3 is 34.1 Å². The predicted octanol–water partition coefficient (Wildman–Crippen LogP) is -0.601. The number of rotatable bonds is 7. The van der Waals surface area contributed by atoms with E-state index in [1.165, 1.54) is 43.6 Å². The summed E-state index contributed by atoms with van der Waals surface area (Å²) in [6, 6.07) is 37.3. The van der Waals surface area contributed by atoms with E-state index in [9.17, 15) is 30.3 Å². The molecule has 0 saturated heterocycles. The van der Waals surface area contributed by atoms with Crippen LogP contribution in [-0.2, 0) is 52.8 Å². The summed E-state index contributed by atoms with van der Waals surface area (Å²) in [6.07, 6.45) is 2.99. The SMILES string of the molecule is CC#N.O=C([O-])c1ccccc1.[Cl-].[Mn+3].[Mn+3].[O-]Cc1ccccc1N=Cc1ccccc1[O-].[O-]Cc1ccccc1N=Cc1ccccc1[O-].[OH3+]. The van der Waals surface area contributed by atoms with Gasteiger partial charge in [-0.1, -0.05) is 115 Å². The van der Waals surface area contributed by atoms with Gasteiger partial charge in [0.05, 0.1) is 23.4 Å². The van der Waals surface area contributed by atoms with Crippen LogP contribution in [0.4, 0.5) is 11.4 Å². The zero-order valence-electron chi connectivity index (χ0n) is 26.7. The molecule has 5 aromatic rings. The van der Waals surface area contributed by atoms with Crippen molar-refractivity contribution < 1.29 is 82.3 Å². The van der Waals surface area contributed by atoms with Gasteiger partial charge in [-0.05, 0) is 39.9 Å². The zero-order valence-corrected chi connectivity index (χ0v) is 29.8. The summed E-state index contributed by atoms with van der Waals surface area (Å²) >= 11 is 0. The molecule has 0 bridgehead atoms. The maximum Gasteiger partial charge on any atom is 3.00 e. The smallest absolute Gasteiger partial charge is 1.00 e. The second kappa shape index (κ2) is 29.2.